The molecule has 9 nitrogen and oxygen atoms in total. The molecule has 33 heavy (non-hydrogen) atoms. The maximum absolute atomic E-state index is 13.0. The highest BCUT2D eigenvalue weighted by Crippen LogP contribution is 2.33. The molecular formula is C24H21N5O4. The molecule has 4 heterocycles. The standard InChI is InChI=1S/C24H21N5O4/c1-15-5-7-17(8-6-15)19-12-20(21-4-3-11-32-21)29(27-19)23(30)14-33-24(31)18-9-10-22-26-25-16(2)28(22)13-18/h3-11,13,20H,12,14H2,1-2H3. The number of furan rings is 1. The number of fused-ring (bicyclic) bond motifs is 1. The summed E-state index contributed by atoms with van der Waals surface area (Å²) >= 11 is 0. The lowest BCUT2D eigenvalue weighted by molar-refractivity contribution is -0.136. The van der Waals surface area contributed by atoms with Crippen LogP contribution in [-0.2, 0) is 9.53 Å². The number of aromatic nitrogens is 3. The van der Waals surface area contributed by atoms with Crippen molar-refractivity contribution in [2.75, 3.05) is 6.61 Å². The van der Waals surface area contributed by atoms with E-state index in [4.69, 9.17) is 9.15 Å². The molecule has 5 rings (SSSR count). The summed E-state index contributed by atoms with van der Waals surface area (Å²) in [6.45, 7) is 3.35. The predicted molar refractivity (Wildman–Crippen MR) is 119 cm³/mol. The van der Waals surface area contributed by atoms with Gasteiger partial charge in [-0.15, -0.1) is 10.2 Å². The summed E-state index contributed by atoms with van der Waals surface area (Å²) in [6.07, 6.45) is 3.65. The van der Waals surface area contributed by atoms with Gasteiger partial charge in [-0.2, -0.15) is 5.10 Å². The maximum Gasteiger partial charge on any atom is 0.340 e. The molecule has 0 saturated heterocycles. The van der Waals surface area contributed by atoms with Crippen molar-refractivity contribution >= 4 is 23.2 Å². The third-order valence-electron chi connectivity index (χ3n) is 5.56. The summed E-state index contributed by atoms with van der Waals surface area (Å²) in [6, 6.07) is 14.4. The highest BCUT2D eigenvalue weighted by atomic mass is 16.5. The van der Waals surface area contributed by atoms with Crippen LogP contribution in [-0.4, -0.2) is 43.8 Å². The molecule has 4 aromatic rings. The molecule has 9 heteroatoms. The zero-order chi connectivity index (χ0) is 22.9. The van der Waals surface area contributed by atoms with Crippen LogP contribution in [0.25, 0.3) is 5.65 Å². The van der Waals surface area contributed by atoms with Gasteiger partial charge in [0.25, 0.3) is 5.91 Å². The molecule has 1 amide bonds. The predicted octanol–water partition coefficient (Wildman–Crippen LogP) is 3.47. The molecular weight excluding hydrogens is 422 g/mol. The molecule has 1 atom stereocenters. The fourth-order valence-electron chi connectivity index (χ4n) is 3.77. The van der Waals surface area contributed by atoms with Gasteiger partial charge in [0.15, 0.2) is 12.3 Å². The van der Waals surface area contributed by atoms with Crippen LogP contribution >= 0.6 is 0 Å². The number of amides is 1. The highest BCUT2D eigenvalue weighted by Gasteiger charge is 2.35. The summed E-state index contributed by atoms with van der Waals surface area (Å²) in [5, 5.41) is 13.9. The summed E-state index contributed by atoms with van der Waals surface area (Å²) in [4.78, 5) is 25.6. The number of esters is 1. The van der Waals surface area contributed by atoms with Crippen LogP contribution in [0.3, 0.4) is 0 Å². The minimum atomic E-state index is -0.616. The van der Waals surface area contributed by atoms with Crippen molar-refractivity contribution in [2.24, 2.45) is 5.10 Å². The topological polar surface area (TPSA) is 102 Å². The second kappa shape index (κ2) is 8.34. The van der Waals surface area contributed by atoms with Gasteiger partial charge < -0.3 is 9.15 Å². The van der Waals surface area contributed by atoms with E-state index in [-0.39, 0.29) is 0 Å². The molecule has 1 aliphatic rings. The fourth-order valence-corrected chi connectivity index (χ4v) is 3.77. The molecule has 0 fully saturated rings. The molecule has 1 aliphatic heterocycles. The van der Waals surface area contributed by atoms with E-state index >= 15 is 0 Å². The number of hydrazone groups is 1. The molecule has 1 unspecified atom stereocenters. The van der Waals surface area contributed by atoms with Crippen LogP contribution in [0.15, 0.2) is 70.5 Å². The monoisotopic (exact) mass is 443 g/mol. The van der Waals surface area contributed by atoms with E-state index in [1.165, 1.54) is 5.01 Å². The zero-order valence-electron chi connectivity index (χ0n) is 18.1. The highest BCUT2D eigenvalue weighted by molar-refractivity contribution is 6.03. The average molecular weight is 443 g/mol. The van der Waals surface area contributed by atoms with Gasteiger partial charge in [-0.05, 0) is 43.7 Å². The third kappa shape index (κ3) is 4.00. The third-order valence-corrected chi connectivity index (χ3v) is 5.56. The van der Waals surface area contributed by atoms with E-state index < -0.39 is 24.5 Å². The van der Waals surface area contributed by atoms with Crippen molar-refractivity contribution in [3.63, 3.8) is 0 Å². The first-order chi connectivity index (χ1) is 16.0. The van der Waals surface area contributed by atoms with E-state index in [1.807, 2.05) is 31.2 Å². The summed E-state index contributed by atoms with van der Waals surface area (Å²) in [5.74, 6) is 0.212. The first-order valence-corrected chi connectivity index (χ1v) is 10.5. The van der Waals surface area contributed by atoms with Crippen LogP contribution in [0.1, 0.15) is 45.5 Å². The van der Waals surface area contributed by atoms with Crippen molar-refractivity contribution in [3.8, 4) is 0 Å². The number of benzene rings is 1. The van der Waals surface area contributed by atoms with Crippen molar-refractivity contribution in [2.45, 2.75) is 26.3 Å². The normalized spacial score (nSPS) is 15.6. The Morgan fingerprint density at radius 2 is 1.91 bits per heavy atom. The Balaban J connectivity index is 1.33. The lowest BCUT2D eigenvalue weighted by Gasteiger charge is -2.19. The van der Waals surface area contributed by atoms with Gasteiger partial charge in [0, 0.05) is 12.6 Å². The number of nitrogens with zero attached hydrogens (tertiary/aromatic N) is 5. The van der Waals surface area contributed by atoms with E-state index in [0.717, 1.165) is 16.8 Å². The number of ether oxygens (including phenoxy) is 1. The molecule has 166 valence electrons. The Labute approximate surface area is 189 Å². The first-order valence-electron chi connectivity index (χ1n) is 10.5. The van der Waals surface area contributed by atoms with Crippen LogP contribution in [0.4, 0.5) is 0 Å². The molecule has 0 radical (unpaired) electrons. The number of aryl methyl sites for hydroxylation is 2. The van der Waals surface area contributed by atoms with Crippen LogP contribution in [0.5, 0.6) is 0 Å². The largest absolute Gasteiger partial charge is 0.467 e. The van der Waals surface area contributed by atoms with Gasteiger partial charge >= 0.3 is 5.97 Å². The Morgan fingerprint density at radius 1 is 1.09 bits per heavy atom. The van der Waals surface area contributed by atoms with Gasteiger partial charge in [-0.1, -0.05) is 29.8 Å². The quantitative estimate of drug-likeness (QED) is 0.438. The van der Waals surface area contributed by atoms with Gasteiger partial charge in [0.2, 0.25) is 0 Å². The summed E-state index contributed by atoms with van der Waals surface area (Å²) in [7, 11) is 0. The average Bonchev–Trinajstić information content (AvgIpc) is 3.57. The molecule has 3 aromatic heterocycles. The van der Waals surface area contributed by atoms with Gasteiger partial charge in [0.1, 0.15) is 17.6 Å². The first kappa shape index (κ1) is 20.6. The minimum absolute atomic E-state index is 0.297. The number of carbonyl (C=O) groups excluding carboxylic acids is 2. The minimum Gasteiger partial charge on any atom is -0.467 e. The SMILES string of the molecule is Cc1ccc(C2=NN(C(=O)COC(=O)c3ccc4nnc(C)n4c3)C(c3ccco3)C2)cc1. The van der Waals surface area contributed by atoms with Gasteiger partial charge in [0.05, 0.1) is 17.5 Å². The Morgan fingerprint density at radius 3 is 2.67 bits per heavy atom. The van der Waals surface area contributed by atoms with Crippen LogP contribution < -0.4 is 0 Å². The second-order valence-corrected chi connectivity index (χ2v) is 7.86. The van der Waals surface area contributed by atoms with E-state index in [9.17, 15) is 9.59 Å². The van der Waals surface area contributed by atoms with Crippen molar-refractivity contribution < 1.29 is 18.7 Å². The van der Waals surface area contributed by atoms with Gasteiger partial charge in [-0.25, -0.2) is 9.80 Å². The Hall–Kier alpha value is -4.27. The second-order valence-electron chi connectivity index (χ2n) is 7.86. The Bertz CT molecular complexity index is 1360. The Kier molecular flexibility index (Phi) is 5.21. The van der Waals surface area contributed by atoms with Crippen molar-refractivity contribution in [1.29, 1.82) is 0 Å². The lowest BCUT2D eigenvalue weighted by atomic mass is 10.0. The van der Waals surface area contributed by atoms with Crippen LogP contribution in [0, 0.1) is 13.8 Å². The van der Waals surface area contributed by atoms with E-state index in [0.29, 0.717) is 29.2 Å². The molecule has 0 aliphatic carbocycles. The number of rotatable bonds is 5. The molecule has 0 N–H and O–H groups in total. The van der Waals surface area contributed by atoms with E-state index in [1.54, 1.807) is 48.0 Å². The number of pyridine rings is 1. The van der Waals surface area contributed by atoms with E-state index in [2.05, 4.69) is 15.3 Å². The number of hydrogen-bond acceptors (Lipinski definition) is 7. The number of hydrogen-bond donors (Lipinski definition) is 0. The molecule has 0 spiro atoms. The van der Waals surface area contributed by atoms with Gasteiger partial charge in [-0.3, -0.25) is 9.20 Å². The van der Waals surface area contributed by atoms with Crippen LogP contribution in [0.2, 0.25) is 0 Å². The fraction of sp³-hybridized carbons (Fsp3) is 0.208. The molecule has 0 saturated carbocycles. The zero-order valence-corrected chi connectivity index (χ0v) is 18.1. The molecule has 1 aromatic carbocycles. The summed E-state index contributed by atoms with van der Waals surface area (Å²) < 4.78 is 12.5. The number of carbonyl (C=O) groups is 2. The smallest absolute Gasteiger partial charge is 0.340 e. The summed E-state index contributed by atoms with van der Waals surface area (Å²) in [5.41, 5.74) is 3.76. The van der Waals surface area contributed by atoms with Crippen molar-refractivity contribution in [1.82, 2.24) is 19.6 Å². The maximum atomic E-state index is 13.0. The lowest BCUT2D eigenvalue weighted by Crippen LogP contribution is -2.31. The molecule has 0 bridgehead atoms. The van der Waals surface area contributed by atoms with Crippen molar-refractivity contribution in [3.05, 3.63) is 89.3 Å².